The van der Waals surface area contributed by atoms with Crippen molar-refractivity contribution in [1.29, 1.82) is 0 Å². The molecule has 1 atom stereocenters. The lowest BCUT2D eigenvalue weighted by Gasteiger charge is -2.26. The van der Waals surface area contributed by atoms with Crippen molar-refractivity contribution in [3.8, 4) is 0 Å². The van der Waals surface area contributed by atoms with Gasteiger partial charge in [0.05, 0.1) is 0 Å². The van der Waals surface area contributed by atoms with Gasteiger partial charge in [0.2, 0.25) is 0 Å². The third-order valence-electron chi connectivity index (χ3n) is 4.10. The fraction of sp³-hybridized carbons (Fsp3) is 0.412. The van der Waals surface area contributed by atoms with Crippen LogP contribution in [0.25, 0.3) is 0 Å². The minimum Gasteiger partial charge on any atom is -0.383 e. The van der Waals surface area contributed by atoms with Crippen LogP contribution in [0.5, 0.6) is 0 Å². The van der Waals surface area contributed by atoms with E-state index in [9.17, 15) is 5.11 Å². The highest BCUT2D eigenvalue weighted by atomic mass is 32.1. The van der Waals surface area contributed by atoms with Gasteiger partial charge in [-0.1, -0.05) is 37.6 Å². The van der Waals surface area contributed by atoms with Gasteiger partial charge in [0.1, 0.15) is 6.10 Å². The van der Waals surface area contributed by atoms with E-state index < -0.39 is 6.10 Å². The Morgan fingerprint density at radius 1 is 1.26 bits per heavy atom. The fourth-order valence-electron chi connectivity index (χ4n) is 2.62. The van der Waals surface area contributed by atoms with Crippen LogP contribution in [0.3, 0.4) is 0 Å². The maximum Gasteiger partial charge on any atom is 0.113 e. The van der Waals surface area contributed by atoms with E-state index in [1.807, 2.05) is 6.07 Å². The molecular formula is C17H20OS. The molecule has 0 bridgehead atoms. The first-order valence-corrected chi connectivity index (χ1v) is 7.96. The number of rotatable bonds is 4. The molecule has 0 spiro atoms. The first-order chi connectivity index (χ1) is 9.28. The zero-order valence-electron chi connectivity index (χ0n) is 11.3. The largest absolute Gasteiger partial charge is 0.383 e. The molecule has 1 nitrogen and oxygen atoms in total. The first-order valence-electron chi connectivity index (χ1n) is 7.14. The lowest BCUT2D eigenvalue weighted by atomic mass is 9.79. The molecule has 1 aromatic carbocycles. The average Bonchev–Trinajstić information content (AvgIpc) is 2.85. The fourth-order valence-corrected chi connectivity index (χ4v) is 3.59. The Labute approximate surface area is 118 Å². The molecule has 1 N–H and O–H groups in total. The Bertz CT molecular complexity index is 554. The second-order valence-electron chi connectivity index (χ2n) is 5.36. The smallest absolute Gasteiger partial charge is 0.113 e. The van der Waals surface area contributed by atoms with Gasteiger partial charge < -0.3 is 5.11 Å². The van der Waals surface area contributed by atoms with Gasteiger partial charge in [-0.2, -0.15) is 0 Å². The average molecular weight is 272 g/mol. The van der Waals surface area contributed by atoms with Gasteiger partial charge in [-0.05, 0) is 48.4 Å². The summed E-state index contributed by atoms with van der Waals surface area (Å²) in [5.41, 5.74) is 2.43. The standard InChI is InChI=1S/C17H20OS/c1-2-15-9-10-16(19-15)17(18)14-8-4-7-13(11-14)12-5-3-6-12/h4,7-12,17-18H,2-3,5-6H2,1H3. The van der Waals surface area contributed by atoms with Gasteiger partial charge in [0.25, 0.3) is 0 Å². The summed E-state index contributed by atoms with van der Waals surface area (Å²) >= 11 is 1.72. The Hall–Kier alpha value is -1.12. The van der Waals surface area contributed by atoms with Gasteiger partial charge in [-0.25, -0.2) is 0 Å². The molecular weight excluding hydrogens is 252 g/mol. The molecule has 1 heterocycles. The Morgan fingerprint density at radius 3 is 2.74 bits per heavy atom. The predicted molar refractivity (Wildman–Crippen MR) is 80.8 cm³/mol. The first kappa shape index (κ1) is 12.9. The summed E-state index contributed by atoms with van der Waals surface area (Å²) in [7, 11) is 0. The molecule has 0 radical (unpaired) electrons. The van der Waals surface area contributed by atoms with E-state index in [0.29, 0.717) is 0 Å². The normalized spacial score (nSPS) is 17.2. The van der Waals surface area contributed by atoms with E-state index in [0.717, 1.165) is 22.8 Å². The number of thiophene rings is 1. The van der Waals surface area contributed by atoms with Crippen molar-refractivity contribution in [3.63, 3.8) is 0 Å². The van der Waals surface area contributed by atoms with Crippen LogP contribution < -0.4 is 0 Å². The summed E-state index contributed by atoms with van der Waals surface area (Å²) in [6.45, 7) is 2.15. The van der Waals surface area contributed by atoms with Gasteiger partial charge >= 0.3 is 0 Å². The van der Waals surface area contributed by atoms with Crippen molar-refractivity contribution in [2.75, 3.05) is 0 Å². The Balaban J connectivity index is 1.84. The number of aliphatic hydroxyl groups excluding tert-OH is 1. The molecule has 0 amide bonds. The topological polar surface area (TPSA) is 20.2 Å². The van der Waals surface area contributed by atoms with Crippen molar-refractivity contribution >= 4 is 11.3 Å². The van der Waals surface area contributed by atoms with Gasteiger partial charge in [0, 0.05) is 9.75 Å². The van der Waals surface area contributed by atoms with E-state index in [1.54, 1.807) is 11.3 Å². The molecule has 1 saturated carbocycles. The predicted octanol–water partition coefficient (Wildman–Crippen LogP) is 4.66. The maximum absolute atomic E-state index is 10.5. The minimum atomic E-state index is -0.467. The number of aryl methyl sites for hydroxylation is 1. The van der Waals surface area contributed by atoms with E-state index >= 15 is 0 Å². The monoisotopic (exact) mass is 272 g/mol. The lowest BCUT2D eigenvalue weighted by Crippen LogP contribution is -2.09. The van der Waals surface area contributed by atoms with Crippen LogP contribution >= 0.6 is 11.3 Å². The van der Waals surface area contributed by atoms with Crippen LogP contribution in [0, 0.1) is 0 Å². The van der Waals surface area contributed by atoms with E-state index in [-0.39, 0.29) is 0 Å². The molecule has 1 aromatic heterocycles. The van der Waals surface area contributed by atoms with Crippen molar-refractivity contribution in [2.45, 2.75) is 44.6 Å². The highest BCUT2D eigenvalue weighted by Crippen LogP contribution is 2.38. The molecule has 100 valence electrons. The van der Waals surface area contributed by atoms with Crippen LogP contribution in [0.4, 0.5) is 0 Å². The van der Waals surface area contributed by atoms with Gasteiger partial charge in [0.15, 0.2) is 0 Å². The highest BCUT2D eigenvalue weighted by Gasteiger charge is 2.21. The molecule has 2 heteroatoms. The number of benzene rings is 1. The maximum atomic E-state index is 10.5. The van der Waals surface area contributed by atoms with Gasteiger partial charge in [-0.15, -0.1) is 11.3 Å². The number of hydrogen-bond donors (Lipinski definition) is 1. The van der Waals surface area contributed by atoms with Crippen LogP contribution in [-0.2, 0) is 6.42 Å². The number of hydrogen-bond acceptors (Lipinski definition) is 2. The zero-order chi connectivity index (χ0) is 13.2. The van der Waals surface area contributed by atoms with Crippen molar-refractivity contribution in [2.24, 2.45) is 0 Å². The van der Waals surface area contributed by atoms with Gasteiger partial charge in [-0.3, -0.25) is 0 Å². The summed E-state index contributed by atoms with van der Waals surface area (Å²) in [6.07, 6.45) is 4.53. The van der Waals surface area contributed by atoms with Crippen LogP contribution in [0.15, 0.2) is 36.4 Å². The summed E-state index contributed by atoms with van der Waals surface area (Å²) in [5, 5.41) is 10.5. The van der Waals surface area contributed by atoms with Crippen LogP contribution in [0.2, 0.25) is 0 Å². The molecule has 1 aliphatic carbocycles. The van der Waals surface area contributed by atoms with E-state index in [2.05, 4.69) is 37.3 Å². The Kier molecular flexibility index (Phi) is 3.72. The third-order valence-corrected chi connectivity index (χ3v) is 5.39. The molecule has 1 aliphatic rings. The molecule has 1 fully saturated rings. The summed E-state index contributed by atoms with van der Waals surface area (Å²) < 4.78 is 0. The van der Waals surface area contributed by atoms with Crippen LogP contribution in [-0.4, -0.2) is 5.11 Å². The van der Waals surface area contributed by atoms with E-state index in [1.165, 1.54) is 29.7 Å². The molecule has 2 aromatic rings. The summed E-state index contributed by atoms with van der Waals surface area (Å²) in [6, 6.07) is 12.7. The molecule has 3 rings (SSSR count). The zero-order valence-corrected chi connectivity index (χ0v) is 12.1. The summed E-state index contributed by atoms with van der Waals surface area (Å²) in [4.78, 5) is 2.40. The molecule has 1 unspecified atom stereocenters. The lowest BCUT2D eigenvalue weighted by molar-refractivity contribution is 0.224. The van der Waals surface area contributed by atoms with Crippen LogP contribution in [0.1, 0.15) is 59.1 Å². The second-order valence-corrected chi connectivity index (χ2v) is 6.56. The summed E-state index contributed by atoms with van der Waals surface area (Å²) in [5.74, 6) is 0.724. The molecule has 0 aliphatic heterocycles. The Morgan fingerprint density at radius 2 is 2.11 bits per heavy atom. The van der Waals surface area contributed by atoms with Crippen molar-refractivity contribution in [3.05, 3.63) is 57.3 Å². The van der Waals surface area contributed by atoms with E-state index in [4.69, 9.17) is 0 Å². The van der Waals surface area contributed by atoms with Crippen molar-refractivity contribution < 1.29 is 5.11 Å². The molecule has 0 saturated heterocycles. The molecule has 19 heavy (non-hydrogen) atoms. The highest BCUT2D eigenvalue weighted by molar-refractivity contribution is 7.12. The quantitative estimate of drug-likeness (QED) is 0.858. The second kappa shape index (κ2) is 5.48. The number of aliphatic hydroxyl groups is 1. The van der Waals surface area contributed by atoms with Crippen molar-refractivity contribution in [1.82, 2.24) is 0 Å². The SMILES string of the molecule is CCc1ccc(C(O)c2cccc(C3CCC3)c2)s1. The third kappa shape index (κ3) is 2.60. The minimum absolute atomic E-state index is 0.467.